The molecular formula is C12H10FNS. The van der Waals surface area contributed by atoms with Crippen molar-refractivity contribution in [3.05, 3.63) is 46.7 Å². The third kappa shape index (κ3) is 2.50. The third-order valence-corrected chi connectivity index (χ3v) is 2.85. The lowest BCUT2D eigenvalue weighted by molar-refractivity contribution is 0.648. The van der Waals surface area contributed by atoms with Crippen LogP contribution in [0.15, 0.2) is 41.8 Å². The van der Waals surface area contributed by atoms with Crippen molar-refractivity contribution in [1.29, 1.82) is 0 Å². The van der Waals surface area contributed by atoms with Gasteiger partial charge in [-0.1, -0.05) is 0 Å². The van der Waals surface area contributed by atoms with Gasteiger partial charge in [0.1, 0.15) is 0 Å². The molecule has 15 heavy (non-hydrogen) atoms. The topological polar surface area (TPSA) is 12.9 Å². The second-order valence-corrected chi connectivity index (χ2v) is 4.15. The van der Waals surface area contributed by atoms with Crippen LogP contribution in [0.1, 0.15) is 11.8 Å². The summed E-state index contributed by atoms with van der Waals surface area (Å²) in [6.07, 6.45) is 5.04. The van der Waals surface area contributed by atoms with Gasteiger partial charge < -0.3 is 0 Å². The summed E-state index contributed by atoms with van der Waals surface area (Å²) in [7, 11) is 0. The minimum atomic E-state index is -0.168. The molecule has 2 aromatic heterocycles. The van der Waals surface area contributed by atoms with Crippen LogP contribution < -0.4 is 0 Å². The van der Waals surface area contributed by atoms with Crippen LogP contribution in [-0.2, 0) is 0 Å². The summed E-state index contributed by atoms with van der Waals surface area (Å²) in [4.78, 5) is 4.89. The van der Waals surface area contributed by atoms with Crippen LogP contribution in [0.2, 0.25) is 0 Å². The molecule has 0 bridgehead atoms. The number of halogens is 1. The van der Waals surface area contributed by atoms with Gasteiger partial charge in [0.15, 0.2) is 0 Å². The minimum Gasteiger partial charge on any atom is -0.265 e. The second kappa shape index (κ2) is 4.36. The van der Waals surface area contributed by atoms with Gasteiger partial charge in [-0.05, 0) is 47.7 Å². The highest BCUT2D eigenvalue weighted by molar-refractivity contribution is 7.11. The third-order valence-electron chi connectivity index (χ3n) is 1.97. The van der Waals surface area contributed by atoms with E-state index in [1.807, 2.05) is 23.6 Å². The van der Waals surface area contributed by atoms with E-state index in [2.05, 4.69) is 4.98 Å². The highest BCUT2D eigenvalue weighted by Gasteiger charge is 2.00. The first kappa shape index (κ1) is 10.1. The van der Waals surface area contributed by atoms with Gasteiger partial charge in [-0.25, -0.2) is 4.39 Å². The van der Waals surface area contributed by atoms with E-state index in [-0.39, 0.29) is 5.83 Å². The lowest BCUT2D eigenvalue weighted by Gasteiger charge is -1.93. The summed E-state index contributed by atoms with van der Waals surface area (Å²) in [5.74, 6) is -0.168. The Kier molecular flexibility index (Phi) is 2.92. The smallest absolute Gasteiger partial charge is 0.0982 e. The first-order valence-corrected chi connectivity index (χ1v) is 5.46. The molecule has 0 aliphatic carbocycles. The molecule has 2 aromatic rings. The van der Waals surface area contributed by atoms with E-state index in [1.165, 1.54) is 24.3 Å². The molecule has 2 heterocycles. The molecule has 0 unspecified atom stereocenters. The molecule has 0 aliphatic rings. The lowest BCUT2D eigenvalue weighted by atomic mass is 10.1. The molecule has 76 valence electrons. The first-order valence-electron chi connectivity index (χ1n) is 4.58. The normalized spacial score (nSPS) is 11.7. The fourth-order valence-electron chi connectivity index (χ4n) is 1.32. The molecule has 0 aromatic carbocycles. The molecule has 0 amide bonds. The maximum absolute atomic E-state index is 12.7. The van der Waals surface area contributed by atoms with Gasteiger partial charge >= 0.3 is 0 Å². The Morgan fingerprint density at radius 1 is 1.33 bits per heavy atom. The average Bonchev–Trinajstić information content (AvgIpc) is 2.67. The molecule has 0 atom stereocenters. The predicted octanol–water partition coefficient (Wildman–Crippen LogP) is 4.14. The van der Waals surface area contributed by atoms with Crippen molar-refractivity contribution >= 4 is 17.4 Å². The summed E-state index contributed by atoms with van der Waals surface area (Å²) in [6, 6.07) is 5.86. The van der Waals surface area contributed by atoms with Crippen LogP contribution in [-0.4, -0.2) is 4.98 Å². The number of rotatable bonds is 2. The van der Waals surface area contributed by atoms with Crippen molar-refractivity contribution in [2.24, 2.45) is 0 Å². The molecular weight excluding hydrogens is 209 g/mol. The number of allylic oxidation sites excluding steroid dienone is 1. The van der Waals surface area contributed by atoms with Crippen molar-refractivity contribution in [2.45, 2.75) is 6.92 Å². The summed E-state index contributed by atoms with van der Waals surface area (Å²) < 4.78 is 12.7. The van der Waals surface area contributed by atoms with Crippen LogP contribution >= 0.6 is 11.3 Å². The van der Waals surface area contributed by atoms with E-state index < -0.39 is 0 Å². The van der Waals surface area contributed by atoms with Crippen molar-refractivity contribution < 1.29 is 4.39 Å². The molecule has 0 spiro atoms. The summed E-state index contributed by atoms with van der Waals surface area (Å²) >= 11 is 1.54. The van der Waals surface area contributed by atoms with Crippen molar-refractivity contribution in [2.75, 3.05) is 0 Å². The van der Waals surface area contributed by atoms with Crippen molar-refractivity contribution in [3.8, 4) is 11.1 Å². The largest absolute Gasteiger partial charge is 0.265 e. The maximum atomic E-state index is 12.7. The SMILES string of the molecule is C/C(F)=C/c1cc(-c2ccncc2)cs1. The second-order valence-electron chi connectivity index (χ2n) is 3.20. The fourth-order valence-corrected chi connectivity index (χ4v) is 2.21. The molecule has 0 N–H and O–H groups in total. The number of aromatic nitrogens is 1. The van der Waals surface area contributed by atoms with Crippen LogP contribution in [0.4, 0.5) is 4.39 Å². The van der Waals surface area contributed by atoms with E-state index >= 15 is 0 Å². The Bertz CT molecular complexity index is 469. The molecule has 0 fully saturated rings. The quantitative estimate of drug-likeness (QED) is 0.739. The number of nitrogens with zero attached hydrogens (tertiary/aromatic N) is 1. The molecule has 0 saturated carbocycles. The fraction of sp³-hybridized carbons (Fsp3) is 0.0833. The summed E-state index contributed by atoms with van der Waals surface area (Å²) in [6.45, 7) is 1.45. The number of hydrogen-bond acceptors (Lipinski definition) is 2. The van der Waals surface area contributed by atoms with Crippen LogP contribution in [0.3, 0.4) is 0 Å². The van der Waals surface area contributed by atoms with E-state index in [4.69, 9.17) is 0 Å². The summed E-state index contributed by atoms with van der Waals surface area (Å²) in [5, 5.41) is 2.02. The zero-order valence-electron chi connectivity index (χ0n) is 8.27. The number of hydrogen-bond donors (Lipinski definition) is 0. The monoisotopic (exact) mass is 219 g/mol. The molecule has 2 rings (SSSR count). The molecule has 1 nitrogen and oxygen atoms in total. The molecule has 0 aliphatic heterocycles. The Labute approximate surface area is 91.9 Å². The van der Waals surface area contributed by atoms with Gasteiger partial charge in [0.2, 0.25) is 0 Å². The summed E-state index contributed by atoms with van der Waals surface area (Å²) in [5.41, 5.74) is 2.22. The van der Waals surface area contributed by atoms with E-state index in [9.17, 15) is 4.39 Å². The van der Waals surface area contributed by atoms with Gasteiger partial charge in [0.25, 0.3) is 0 Å². The van der Waals surface area contributed by atoms with E-state index in [1.54, 1.807) is 12.4 Å². The van der Waals surface area contributed by atoms with Crippen LogP contribution in [0.5, 0.6) is 0 Å². The Hall–Kier alpha value is -1.48. The predicted molar refractivity (Wildman–Crippen MR) is 62.3 cm³/mol. The Morgan fingerprint density at radius 2 is 2.07 bits per heavy atom. The average molecular weight is 219 g/mol. The van der Waals surface area contributed by atoms with E-state index in [0.29, 0.717) is 0 Å². The van der Waals surface area contributed by atoms with Crippen molar-refractivity contribution in [3.63, 3.8) is 0 Å². The Morgan fingerprint density at radius 3 is 2.73 bits per heavy atom. The Balaban J connectivity index is 2.32. The van der Waals surface area contributed by atoms with Crippen LogP contribution in [0, 0.1) is 0 Å². The lowest BCUT2D eigenvalue weighted by Crippen LogP contribution is -1.73. The van der Waals surface area contributed by atoms with Gasteiger partial charge in [0, 0.05) is 17.3 Å². The van der Waals surface area contributed by atoms with E-state index in [0.717, 1.165) is 16.0 Å². The standard InChI is InChI=1S/C12H10FNS/c1-9(13)6-12-7-11(8-15-12)10-2-4-14-5-3-10/h2-8H,1H3/b9-6-. The molecule has 0 radical (unpaired) electrons. The van der Waals surface area contributed by atoms with Gasteiger partial charge in [-0.15, -0.1) is 11.3 Å². The van der Waals surface area contributed by atoms with Gasteiger partial charge in [-0.3, -0.25) is 4.98 Å². The zero-order valence-corrected chi connectivity index (χ0v) is 9.09. The van der Waals surface area contributed by atoms with Gasteiger partial charge in [0.05, 0.1) is 5.83 Å². The highest BCUT2D eigenvalue weighted by Crippen LogP contribution is 2.26. The minimum absolute atomic E-state index is 0.168. The highest BCUT2D eigenvalue weighted by atomic mass is 32.1. The molecule has 0 saturated heterocycles. The van der Waals surface area contributed by atoms with Gasteiger partial charge in [-0.2, -0.15) is 0 Å². The van der Waals surface area contributed by atoms with Crippen molar-refractivity contribution in [1.82, 2.24) is 4.98 Å². The zero-order chi connectivity index (χ0) is 10.7. The maximum Gasteiger partial charge on any atom is 0.0982 e. The number of pyridine rings is 1. The van der Waals surface area contributed by atoms with Crippen LogP contribution in [0.25, 0.3) is 17.2 Å². The first-order chi connectivity index (χ1) is 7.25. The number of thiophene rings is 1. The molecule has 3 heteroatoms.